The zero-order chi connectivity index (χ0) is 23.4. The van der Waals surface area contributed by atoms with E-state index in [-0.39, 0.29) is 28.6 Å². The van der Waals surface area contributed by atoms with E-state index in [1.165, 1.54) is 6.07 Å². The van der Waals surface area contributed by atoms with E-state index < -0.39 is 17.8 Å². The van der Waals surface area contributed by atoms with Crippen LogP contribution in [-0.4, -0.2) is 24.4 Å². The third-order valence-corrected chi connectivity index (χ3v) is 5.10. The van der Waals surface area contributed by atoms with Crippen LogP contribution in [0.5, 0.6) is 11.5 Å². The highest BCUT2D eigenvalue weighted by atomic mass is 35.5. The maximum Gasteiger partial charge on any atom is 0.338 e. The fourth-order valence-electron chi connectivity index (χ4n) is 3.21. The second-order valence-corrected chi connectivity index (χ2v) is 7.35. The zero-order valence-corrected chi connectivity index (χ0v) is 18.3. The van der Waals surface area contributed by atoms with E-state index in [0.29, 0.717) is 17.2 Å². The van der Waals surface area contributed by atoms with Gasteiger partial charge in [0, 0.05) is 5.69 Å². The lowest BCUT2D eigenvalue weighted by molar-refractivity contribution is -0.120. The Morgan fingerprint density at radius 2 is 1.61 bits per heavy atom. The number of anilines is 2. The molecule has 33 heavy (non-hydrogen) atoms. The summed E-state index contributed by atoms with van der Waals surface area (Å²) in [7, 11) is 0. The number of ether oxygens (including phenoxy) is 2. The molecule has 1 aliphatic rings. The van der Waals surface area contributed by atoms with Crippen LogP contribution in [0.2, 0.25) is 0 Å². The number of esters is 1. The van der Waals surface area contributed by atoms with Gasteiger partial charge in [-0.15, -0.1) is 0 Å². The van der Waals surface area contributed by atoms with Crippen LogP contribution in [0.15, 0.2) is 89.6 Å². The van der Waals surface area contributed by atoms with Gasteiger partial charge >= 0.3 is 5.97 Å². The molecule has 0 aliphatic carbocycles. The highest BCUT2D eigenvalue weighted by Gasteiger charge is 2.39. The minimum atomic E-state index is -0.686. The molecule has 0 unspecified atom stereocenters. The quantitative estimate of drug-likeness (QED) is 0.389. The van der Waals surface area contributed by atoms with Crippen molar-refractivity contribution in [1.82, 2.24) is 0 Å². The van der Waals surface area contributed by atoms with Gasteiger partial charge in [-0.05, 0) is 61.5 Å². The van der Waals surface area contributed by atoms with Crippen LogP contribution < -0.4 is 15.0 Å². The Balaban J connectivity index is 1.50. The van der Waals surface area contributed by atoms with E-state index in [2.05, 4.69) is 5.32 Å². The number of rotatable bonds is 7. The molecule has 0 saturated heterocycles. The summed E-state index contributed by atoms with van der Waals surface area (Å²) in [6, 6.07) is 22.2. The summed E-state index contributed by atoms with van der Waals surface area (Å²) < 4.78 is 10.7. The van der Waals surface area contributed by atoms with Crippen molar-refractivity contribution in [3.8, 4) is 11.5 Å². The molecular formula is C25H19ClN2O5. The van der Waals surface area contributed by atoms with Gasteiger partial charge in [-0.25, -0.2) is 9.69 Å². The van der Waals surface area contributed by atoms with Gasteiger partial charge < -0.3 is 14.8 Å². The molecule has 0 bridgehead atoms. The molecule has 3 aromatic carbocycles. The number of amides is 2. The normalized spacial score (nSPS) is 13.3. The fraction of sp³-hybridized carbons (Fsp3) is 0.0800. The molecule has 2 amide bonds. The standard InChI is InChI=1S/C25H19ClN2O5/c1-2-32-25(31)16-7-6-8-18(15-16)28-23(29)21(26)22(24(28)30)27-17-11-13-20(14-12-17)33-19-9-4-3-5-10-19/h3-15,27H,2H2,1H3. The van der Waals surface area contributed by atoms with Crippen LogP contribution in [-0.2, 0) is 14.3 Å². The van der Waals surface area contributed by atoms with Gasteiger partial charge in [0.15, 0.2) is 0 Å². The summed E-state index contributed by atoms with van der Waals surface area (Å²) in [6.07, 6.45) is 0. The van der Waals surface area contributed by atoms with Crippen LogP contribution >= 0.6 is 11.6 Å². The lowest BCUT2D eigenvalue weighted by Gasteiger charge is -2.16. The van der Waals surface area contributed by atoms with Crippen molar-refractivity contribution in [3.05, 3.63) is 95.2 Å². The first kappa shape index (κ1) is 22.1. The van der Waals surface area contributed by atoms with Crippen LogP contribution in [0, 0.1) is 0 Å². The molecule has 1 N–H and O–H groups in total. The van der Waals surface area contributed by atoms with Gasteiger partial charge in [0.2, 0.25) is 0 Å². The average molecular weight is 463 g/mol. The van der Waals surface area contributed by atoms with E-state index in [9.17, 15) is 14.4 Å². The second-order valence-electron chi connectivity index (χ2n) is 6.97. The Labute approximate surface area is 195 Å². The molecule has 0 fully saturated rings. The number of carbonyl (C=O) groups is 3. The molecule has 1 aliphatic heterocycles. The van der Waals surface area contributed by atoms with Gasteiger partial charge in [0.05, 0.1) is 17.9 Å². The van der Waals surface area contributed by atoms with E-state index in [0.717, 1.165) is 4.90 Å². The van der Waals surface area contributed by atoms with Gasteiger partial charge in [-0.2, -0.15) is 0 Å². The average Bonchev–Trinajstić information content (AvgIpc) is 3.04. The molecular weight excluding hydrogens is 444 g/mol. The van der Waals surface area contributed by atoms with Gasteiger partial charge in [0.25, 0.3) is 11.8 Å². The Morgan fingerprint density at radius 1 is 0.909 bits per heavy atom. The van der Waals surface area contributed by atoms with Crippen LogP contribution in [0.3, 0.4) is 0 Å². The smallest absolute Gasteiger partial charge is 0.338 e. The predicted octanol–water partition coefficient (Wildman–Crippen LogP) is 5.09. The van der Waals surface area contributed by atoms with Gasteiger partial charge in [-0.1, -0.05) is 35.9 Å². The predicted molar refractivity (Wildman–Crippen MR) is 124 cm³/mol. The maximum absolute atomic E-state index is 13.0. The number of para-hydroxylation sites is 1. The van der Waals surface area contributed by atoms with Gasteiger partial charge in [0.1, 0.15) is 22.2 Å². The first-order valence-electron chi connectivity index (χ1n) is 10.1. The summed E-state index contributed by atoms with van der Waals surface area (Å²) in [5, 5.41) is 2.66. The van der Waals surface area contributed by atoms with E-state index >= 15 is 0 Å². The van der Waals surface area contributed by atoms with E-state index in [4.69, 9.17) is 21.1 Å². The number of carbonyl (C=O) groups excluding carboxylic acids is 3. The molecule has 1 heterocycles. The molecule has 0 spiro atoms. The Hall–Kier alpha value is -4.10. The number of benzene rings is 3. The van der Waals surface area contributed by atoms with Crippen molar-refractivity contribution in [2.45, 2.75) is 6.92 Å². The summed E-state index contributed by atoms with van der Waals surface area (Å²) in [5.41, 5.74) is 0.936. The minimum absolute atomic E-state index is 0.0556. The monoisotopic (exact) mass is 462 g/mol. The molecule has 3 aromatic rings. The van der Waals surface area contributed by atoms with Crippen LogP contribution in [0.1, 0.15) is 17.3 Å². The highest BCUT2D eigenvalue weighted by molar-refractivity contribution is 6.53. The van der Waals surface area contributed by atoms with Crippen molar-refractivity contribution in [1.29, 1.82) is 0 Å². The maximum atomic E-state index is 13.0. The first-order chi connectivity index (χ1) is 16.0. The summed E-state index contributed by atoms with van der Waals surface area (Å²) >= 11 is 6.20. The van der Waals surface area contributed by atoms with Crippen LogP contribution in [0.4, 0.5) is 11.4 Å². The summed E-state index contributed by atoms with van der Waals surface area (Å²) in [4.78, 5) is 38.7. The minimum Gasteiger partial charge on any atom is -0.462 e. The number of nitrogens with one attached hydrogen (secondary N) is 1. The lowest BCUT2D eigenvalue weighted by Crippen LogP contribution is -2.32. The number of halogens is 1. The van der Waals surface area contributed by atoms with Crippen molar-refractivity contribution >= 4 is 40.8 Å². The zero-order valence-electron chi connectivity index (χ0n) is 17.6. The van der Waals surface area contributed by atoms with Gasteiger partial charge in [-0.3, -0.25) is 9.59 Å². The third kappa shape index (κ3) is 4.73. The van der Waals surface area contributed by atoms with Crippen molar-refractivity contribution in [2.24, 2.45) is 0 Å². The van der Waals surface area contributed by atoms with Crippen molar-refractivity contribution in [3.63, 3.8) is 0 Å². The lowest BCUT2D eigenvalue weighted by atomic mass is 10.2. The van der Waals surface area contributed by atoms with Crippen molar-refractivity contribution < 1.29 is 23.9 Å². The SMILES string of the molecule is CCOC(=O)c1cccc(N2C(=O)C(Cl)=C(Nc3ccc(Oc4ccccc4)cc3)C2=O)c1. The third-order valence-electron chi connectivity index (χ3n) is 4.75. The second kappa shape index (κ2) is 9.58. The molecule has 166 valence electrons. The van der Waals surface area contributed by atoms with Crippen LogP contribution in [0.25, 0.3) is 0 Å². The molecule has 0 saturated carbocycles. The molecule has 0 atom stereocenters. The number of nitrogens with zero attached hydrogens (tertiary/aromatic N) is 1. The Kier molecular flexibility index (Phi) is 6.42. The molecule has 7 nitrogen and oxygen atoms in total. The van der Waals surface area contributed by atoms with E-state index in [1.54, 1.807) is 49.4 Å². The molecule has 8 heteroatoms. The number of hydrogen-bond donors (Lipinski definition) is 1. The fourth-order valence-corrected chi connectivity index (χ4v) is 3.42. The topological polar surface area (TPSA) is 84.9 Å². The molecule has 4 rings (SSSR count). The molecule has 0 radical (unpaired) electrons. The van der Waals surface area contributed by atoms with Crippen molar-refractivity contribution in [2.75, 3.05) is 16.8 Å². The summed E-state index contributed by atoms with van der Waals surface area (Å²) in [6.45, 7) is 1.90. The Bertz CT molecular complexity index is 1240. The largest absolute Gasteiger partial charge is 0.462 e. The van der Waals surface area contributed by atoms with E-state index in [1.807, 2.05) is 30.3 Å². The summed E-state index contributed by atoms with van der Waals surface area (Å²) in [5.74, 6) is -0.558. The Morgan fingerprint density at radius 3 is 2.30 bits per heavy atom. The highest BCUT2D eigenvalue weighted by Crippen LogP contribution is 2.31. The number of imide groups is 1. The molecule has 0 aromatic heterocycles. The number of hydrogen-bond acceptors (Lipinski definition) is 6. The first-order valence-corrected chi connectivity index (χ1v) is 10.5.